The minimum absolute atomic E-state index is 0.0180. The molecule has 0 bridgehead atoms. The summed E-state index contributed by atoms with van der Waals surface area (Å²) in [6.07, 6.45) is 2.69. The Kier molecular flexibility index (Phi) is 7.74. The molecule has 5 N–H and O–H groups in total. The van der Waals surface area contributed by atoms with Crippen LogP contribution in [0.5, 0.6) is 0 Å². The van der Waals surface area contributed by atoms with Crippen molar-refractivity contribution in [2.24, 2.45) is 5.73 Å². The fourth-order valence-electron chi connectivity index (χ4n) is 3.91. The number of amides is 1. The van der Waals surface area contributed by atoms with Crippen LogP contribution in [0.15, 0.2) is 36.4 Å². The van der Waals surface area contributed by atoms with Crippen molar-refractivity contribution >= 4 is 23.7 Å². The van der Waals surface area contributed by atoms with E-state index >= 15 is 0 Å². The van der Waals surface area contributed by atoms with Gasteiger partial charge >= 0.3 is 11.9 Å². The van der Waals surface area contributed by atoms with Gasteiger partial charge in [-0.2, -0.15) is 0 Å². The van der Waals surface area contributed by atoms with Gasteiger partial charge in [-0.1, -0.05) is 36.4 Å². The van der Waals surface area contributed by atoms with Gasteiger partial charge < -0.3 is 20.9 Å². The van der Waals surface area contributed by atoms with Gasteiger partial charge in [-0.15, -0.1) is 0 Å². The van der Waals surface area contributed by atoms with Gasteiger partial charge in [-0.25, -0.2) is 0 Å². The lowest BCUT2D eigenvalue weighted by atomic mass is 9.77. The molecule has 162 valence electrons. The molecule has 1 aliphatic rings. The predicted octanol–water partition coefficient (Wildman–Crippen LogP) is 2.29. The summed E-state index contributed by atoms with van der Waals surface area (Å²) < 4.78 is 5.58. The number of nitrogen functional groups attached to an aromatic ring is 1. The molecule has 0 spiro atoms. The van der Waals surface area contributed by atoms with Crippen LogP contribution in [-0.4, -0.2) is 40.4 Å². The Morgan fingerprint density at radius 1 is 1.27 bits per heavy atom. The Balaban J connectivity index is 1.90. The number of hydrogen-bond acceptors (Lipinski definition) is 5. The highest BCUT2D eigenvalue weighted by Gasteiger charge is 2.39. The number of ether oxygens (including phenoxy) is 1. The molecule has 1 amide bonds. The summed E-state index contributed by atoms with van der Waals surface area (Å²) >= 11 is 0. The first-order valence-electron chi connectivity index (χ1n) is 9.89. The summed E-state index contributed by atoms with van der Waals surface area (Å²) in [6.45, 7) is 5.15. The monoisotopic (exact) mass is 415 g/mol. The van der Waals surface area contributed by atoms with Crippen LogP contribution in [0.25, 0.3) is 0 Å². The van der Waals surface area contributed by atoms with Crippen LogP contribution in [0.3, 0.4) is 0 Å². The van der Waals surface area contributed by atoms with Crippen LogP contribution < -0.4 is 11.1 Å². The highest BCUT2D eigenvalue weighted by atomic mass is 16.6. The lowest BCUT2D eigenvalue weighted by molar-refractivity contribution is -0.161. The third-order valence-corrected chi connectivity index (χ3v) is 5.23. The van der Waals surface area contributed by atoms with Crippen molar-refractivity contribution < 1.29 is 24.2 Å². The zero-order valence-corrected chi connectivity index (χ0v) is 17.2. The summed E-state index contributed by atoms with van der Waals surface area (Å²) in [5.41, 5.74) is 6.62. The van der Waals surface area contributed by atoms with Crippen LogP contribution in [0.1, 0.15) is 56.6 Å². The molecule has 0 atom stereocenters. The molecule has 1 fully saturated rings. The molecule has 1 aromatic carbocycles. The summed E-state index contributed by atoms with van der Waals surface area (Å²) in [5.74, 6) is -1.49. The van der Waals surface area contributed by atoms with E-state index in [1.165, 1.54) is 6.92 Å². The highest BCUT2D eigenvalue weighted by Crippen LogP contribution is 2.37. The molecule has 0 aromatic heterocycles. The predicted molar refractivity (Wildman–Crippen MR) is 112 cm³/mol. The Bertz CT molecular complexity index is 824. The standard InChI is InChI=1S/C22H29N3O5/c1-14(11-20(28)29)13-22(30-15(2)26)9-7-18(8-10-22)25-19(27)12-16-3-5-17(6-4-16)21(23)24/h3-6,18H,1,7-13H2,2H3,(H3,23,24)(H,25,27)(H,28,29). The topological polar surface area (TPSA) is 143 Å². The Morgan fingerprint density at radius 3 is 2.37 bits per heavy atom. The minimum atomic E-state index is -0.963. The van der Waals surface area contributed by atoms with E-state index in [0.29, 0.717) is 43.2 Å². The maximum absolute atomic E-state index is 12.4. The number of carbonyl (C=O) groups excluding carboxylic acids is 2. The normalized spacial score (nSPS) is 20.8. The third-order valence-electron chi connectivity index (χ3n) is 5.23. The van der Waals surface area contributed by atoms with Crippen molar-refractivity contribution in [2.45, 2.75) is 63.5 Å². The van der Waals surface area contributed by atoms with Crippen molar-refractivity contribution in [1.82, 2.24) is 5.32 Å². The second-order valence-electron chi connectivity index (χ2n) is 7.90. The maximum Gasteiger partial charge on any atom is 0.307 e. The van der Waals surface area contributed by atoms with E-state index in [9.17, 15) is 14.4 Å². The molecule has 0 radical (unpaired) electrons. The number of nitrogens with one attached hydrogen (secondary N) is 2. The van der Waals surface area contributed by atoms with E-state index in [2.05, 4.69) is 11.9 Å². The number of amidine groups is 1. The van der Waals surface area contributed by atoms with Crippen LogP contribution in [-0.2, 0) is 25.5 Å². The number of aliphatic carboxylic acids is 1. The number of carboxylic acid groups (broad SMARTS) is 1. The van der Waals surface area contributed by atoms with Crippen LogP contribution >= 0.6 is 0 Å². The van der Waals surface area contributed by atoms with Gasteiger partial charge in [-0.3, -0.25) is 19.8 Å². The van der Waals surface area contributed by atoms with Gasteiger partial charge in [0.15, 0.2) is 0 Å². The lowest BCUT2D eigenvalue weighted by Crippen LogP contribution is -2.46. The Hall–Kier alpha value is -3.16. The SMILES string of the molecule is C=C(CC(=O)O)CC1(OC(C)=O)CCC(NC(=O)Cc2ccc(C(=N)N)cc2)CC1. The summed E-state index contributed by atoms with van der Waals surface area (Å²) in [6, 6.07) is 6.94. The summed E-state index contributed by atoms with van der Waals surface area (Å²) in [7, 11) is 0. The van der Waals surface area contributed by atoms with E-state index in [0.717, 1.165) is 5.56 Å². The first kappa shape index (κ1) is 23.1. The van der Waals surface area contributed by atoms with Gasteiger partial charge in [0.2, 0.25) is 5.91 Å². The van der Waals surface area contributed by atoms with Crippen LogP contribution in [0.4, 0.5) is 0 Å². The first-order valence-corrected chi connectivity index (χ1v) is 9.89. The van der Waals surface area contributed by atoms with Crippen molar-refractivity contribution in [3.63, 3.8) is 0 Å². The van der Waals surface area contributed by atoms with Crippen LogP contribution in [0, 0.1) is 5.41 Å². The number of nitrogens with two attached hydrogens (primary N) is 1. The molecule has 0 saturated heterocycles. The molecular weight excluding hydrogens is 386 g/mol. The molecule has 0 unspecified atom stereocenters. The lowest BCUT2D eigenvalue weighted by Gasteiger charge is -2.40. The van der Waals surface area contributed by atoms with E-state index in [1.54, 1.807) is 24.3 Å². The molecule has 1 aliphatic carbocycles. The summed E-state index contributed by atoms with van der Waals surface area (Å²) in [5, 5.41) is 19.4. The number of benzene rings is 1. The quantitative estimate of drug-likeness (QED) is 0.211. The van der Waals surface area contributed by atoms with Crippen molar-refractivity contribution in [1.29, 1.82) is 5.41 Å². The van der Waals surface area contributed by atoms with Gasteiger partial charge in [-0.05, 0) is 31.2 Å². The fraction of sp³-hybridized carbons (Fsp3) is 0.455. The second-order valence-corrected chi connectivity index (χ2v) is 7.90. The van der Waals surface area contributed by atoms with E-state index < -0.39 is 17.5 Å². The van der Waals surface area contributed by atoms with E-state index in [-0.39, 0.29) is 30.6 Å². The number of esters is 1. The van der Waals surface area contributed by atoms with Crippen molar-refractivity contribution in [3.05, 3.63) is 47.5 Å². The number of rotatable bonds is 9. The van der Waals surface area contributed by atoms with Crippen LogP contribution in [0.2, 0.25) is 0 Å². The zero-order chi connectivity index (χ0) is 22.3. The maximum atomic E-state index is 12.4. The van der Waals surface area contributed by atoms with Gasteiger partial charge in [0.25, 0.3) is 0 Å². The zero-order valence-electron chi connectivity index (χ0n) is 17.2. The molecule has 2 rings (SSSR count). The smallest absolute Gasteiger partial charge is 0.307 e. The number of hydrogen-bond donors (Lipinski definition) is 4. The van der Waals surface area contributed by atoms with E-state index in [4.69, 9.17) is 21.0 Å². The van der Waals surface area contributed by atoms with Gasteiger partial charge in [0.05, 0.1) is 12.8 Å². The second kappa shape index (κ2) is 10.0. The highest BCUT2D eigenvalue weighted by molar-refractivity contribution is 5.95. The fourth-order valence-corrected chi connectivity index (χ4v) is 3.91. The number of carbonyl (C=O) groups is 3. The molecular formula is C22H29N3O5. The van der Waals surface area contributed by atoms with Crippen molar-refractivity contribution in [2.75, 3.05) is 0 Å². The molecule has 1 saturated carbocycles. The molecule has 8 heteroatoms. The Labute approximate surface area is 176 Å². The Morgan fingerprint density at radius 2 is 1.87 bits per heavy atom. The molecule has 0 heterocycles. The van der Waals surface area contributed by atoms with Gasteiger partial charge in [0, 0.05) is 24.9 Å². The number of carboxylic acids is 1. The molecule has 30 heavy (non-hydrogen) atoms. The molecule has 0 aliphatic heterocycles. The van der Waals surface area contributed by atoms with Crippen molar-refractivity contribution in [3.8, 4) is 0 Å². The largest absolute Gasteiger partial charge is 0.481 e. The first-order chi connectivity index (χ1) is 14.1. The minimum Gasteiger partial charge on any atom is -0.481 e. The molecule has 8 nitrogen and oxygen atoms in total. The molecule has 1 aromatic rings. The van der Waals surface area contributed by atoms with E-state index in [1.807, 2.05) is 0 Å². The third kappa shape index (κ3) is 7.02. The average Bonchev–Trinajstić information content (AvgIpc) is 2.62. The van der Waals surface area contributed by atoms with Gasteiger partial charge in [0.1, 0.15) is 11.4 Å². The average molecular weight is 415 g/mol. The summed E-state index contributed by atoms with van der Waals surface area (Å²) in [4.78, 5) is 34.9.